The van der Waals surface area contributed by atoms with Gasteiger partial charge >= 0.3 is 0 Å². The van der Waals surface area contributed by atoms with Gasteiger partial charge in [-0.2, -0.15) is 0 Å². The molecule has 1 nitrogen and oxygen atoms in total. The Hall–Kier alpha value is 0.873. The van der Waals surface area contributed by atoms with Gasteiger partial charge in [-0.3, -0.25) is 0 Å². The summed E-state index contributed by atoms with van der Waals surface area (Å²) >= 11 is 0. The van der Waals surface area contributed by atoms with Gasteiger partial charge in [0.25, 0.3) is 0 Å². The molecule has 0 spiro atoms. The molecule has 0 rings (SSSR count). The molecule has 0 aliphatic heterocycles. The zero-order chi connectivity index (χ0) is 4.50. The zero-order valence-electron chi connectivity index (χ0n) is 5.16. The van der Waals surface area contributed by atoms with Gasteiger partial charge in [0, 0.05) is 19.5 Å². The van der Waals surface area contributed by atoms with E-state index in [1.54, 1.807) is 0 Å². The van der Waals surface area contributed by atoms with Gasteiger partial charge in [0.1, 0.15) is 0 Å². The summed E-state index contributed by atoms with van der Waals surface area (Å²) in [6.45, 7) is 0. The Morgan fingerprint density at radius 2 is 0.857 bits per heavy atom. The smallest absolute Gasteiger partial charge is 0.0675 e. The second-order valence-corrected chi connectivity index (χ2v) is 2.68. The molecule has 0 aliphatic carbocycles. The first-order valence-corrected chi connectivity index (χ1v) is 1.79. The Balaban J connectivity index is -0.0000000800. The van der Waals surface area contributed by atoms with Crippen LogP contribution in [0.15, 0.2) is 0 Å². The van der Waals surface area contributed by atoms with Gasteiger partial charge in [0.15, 0.2) is 0 Å². The molecule has 49 valence electrons. The van der Waals surface area contributed by atoms with E-state index in [9.17, 15) is 0 Å². The Labute approximate surface area is 64.8 Å². The summed E-state index contributed by atoms with van der Waals surface area (Å²) in [5, 5.41) is 0. The van der Waals surface area contributed by atoms with Gasteiger partial charge in [0.2, 0.25) is 0 Å². The minimum Gasteiger partial charge on any atom is -1.00 e. The molecule has 0 saturated carbocycles. The van der Waals surface area contributed by atoms with Gasteiger partial charge in [-0.1, -0.05) is 0 Å². The van der Waals surface area contributed by atoms with Gasteiger partial charge in [-0.05, 0) is 0 Å². The van der Waals surface area contributed by atoms with Crippen molar-refractivity contribution in [2.75, 3.05) is 28.2 Å². The molecule has 0 amide bonds. The number of hydrogen-bond acceptors (Lipinski definition) is 0. The van der Waals surface area contributed by atoms with Crippen LogP contribution in [0.2, 0.25) is 0 Å². The quantitative estimate of drug-likeness (QED) is 0.303. The van der Waals surface area contributed by atoms with Crippen molar-refractivity contribution >= 4 is 0 Å². The molecule has 3 heteroatoms. The summed E-state index contributed by atoms with van der Waals surface area (Å²) < 4.78 is 1.00. The van der Waals surface area contributed by atoms with Crippen LogP contribution in [0.1, 0.15) is 0 Å². The third-order valence-electron chi connectivity index (χ3n) is 0. The van der Waals surface area contributed by atoms with E-state index in [-0.39, 0.29) is 31.9 Å². The standard InChI is InChI=1S/C4H12N.ClH.Rh/c1-5(2,3)4;;/h1-4H3;1H;/q+1;;/p-1. The van der Waals surface area contributed by atoms with E-state index < -0.39 is 0 Å². The van der Waals surface area contributed by atoms with Gasteiger partial charge in [0.05, 0.1) is 28.2 Å². The van der Waals surface area contributed by atoms with Crippen LogP contribution in [0.25, 0.3) is 0 Å². The number of hydrogen-bond donors (Lipinski definition) is 0. The third kappa shape index (κ3) is 214. The van der Waals surface area contributed by atoms with Gasteiger partial charge < -0.3 is 16.9 Å². The summed E-state index contributed by atoms with van der Waals surface area (Å²) in [6, 6.07) is 0. The van der Waals surface area contributed by atoms with Crippen molar-refractivity contribution in [2.45, 2.75) is 0 Å². The van der Waals surface area contributed by atoms with Crippen LogP contribution < -0.4 is 12.4 Å². The van der Waals surface area contributed by atoms with E-state index in [4.69, 9.17) is 0 Å². The monoisotopic (exact) mass is 212 g/mol. The van der Waals surface area contributed by atoms with Crippen molar-refractivity contribution in [3.8, 4) is 0 Å². The minimum atomic E-state index is 0. The van der Waals surface area contributed by atoms with Crippen molar-refractivity contribution in [1.29, 1.82) is 0 Å². The topological polar surface area (TPSA) is 0 Å². The molecule has 0 saturated heterocycles. The average molecular weight is 213 g/mol. The second-order valence-electron chi connectivity index (χ2n) is 2.68. The Kier molecular flexibility index (Phi) is 11.2. The normalized spacial score (nSPS) is 8.57. The first-order valence-electron chi connectivity index (χ1n) is 1.79. The van der Waals surface area contributed by atoms with E-state index in [0.717, 1.165) is 4.48 Å². The zero-order valence-corrected chi connectivity index (χ0v) is 7.55. The predicted octanol–water partition coefficient (Wildman–Crippen LogP) is -2.68. The van der Waals surface area contributed by atoms with Gasteiger partial charge in [-0.25, -0.2) is 0 Å². The van der Waals surface area contributed by atoms with Crippen LogP contribution >= 0.6 is 0 Å². The van der Waals surface area contributed by atoms with Crippen molar-refractivity contribution < 1.29 is 36.4 Å². The van der Waals surface area contributed by atoms with E-state index >= 15 is 0 Å². The number of rotatable bonds is 0. The number of nitrogens with zero attached hydrogens (tertiary/aromatic N) is 1. The Bertz CT molecular complexity index is 27.2. The molecule has 1 radical (unpaired) electrons. The molecule has 0 bridgehead atoms. The van der Waals surface area contributed by atoms with Crippen molar-refractivity contribution in [2.24, 2.45) is 0 Å². The maximum Gasteiger partial charge on any atom is 0.0675 e. The molecule has 0 unspecified atom stereocenters. The van der Waals surface area contributed by atoms with Crippen molar-refractivity contribution in [1.82, 2.24) is 0 Å². The maximum atomic E-state index is 2.12. The first-order chi connectivity index (χ1) is 2.00. The van der Waals surface area contributed by atoms with Crippen molar-refractivity contribution in [3.05, 3.63) is 0 Å². The largest absolute Gasteiger partial charge is 1.00 e. The van der Waals surface area contributed by atoms with E-state index in [2.05, 4.69) is 28.2 Å². The summed E-state index contributed by atoms with van der Waals surface area (Å²) in [5.74, 6) is 0. The summed E-state index contributed by atoms with van der Waals surface area (Å²) in [4.78, 5) is 0. The number of halogens is 1. The fourth-order valence-electron chi connectivity index (χ4n) is 0. The molecular weight excluding hydrogens is 200 g/mol. The van der Waals surface area contributed by atoms with E-state index in [1.807, 2.05) is 0 Å². The fourth-order valence-corrected chi connectivity index (χ4v) is 0. The van der Waals surface area contributed by atoms with Crippen LogP contribution in [0.4, 0.5) is 0 Å². The molecule has 0 aromatic carbocycles. The SMILES string of the molecule is C[N+](C)(C)C.[Cl-].[Rh]. The number of quaternary nitrogens is 1. The van der Waals surface area contributed by atoms with E-state index in [0.29, 0.717) is 0 Å². The van der Waals surface area contributed by atoms with Crippen LogP contribution in [-0.4, -0.2) is 32.7 Å². The first kappa shape index (κ1) is 15.7. The molecule has 0 fully saturated rings. The van der Waals surface area contributed by atoms with Crippen LogP contribution in [-0.2, 0) is 19.5 Å². The van der Waals surface area contributed by atoms with Crippen molar-refractivity contribution in [3.63, 3.8) is 0 Å². The molecule has 0 aromatic heterocycles. The van der Waals surface area contributed by atoms with Crippen LogP contribution in [0.3, 0.4) is 0 Å². The fraction of sp³-hybridized carbons (Fsp3) is 1.00. The molecule has 0 N–H and O–H groups in total. The summed E-state index contributed by atoms with van der Waals surface area (Å²) in [7, 11) is 8.50. The predicted molar refractivity (Wildman–Crippen MR) is 24.0 cm³/mol. The third-order valence-corrected chi connectivity index (χ3v) is 0. The van der Waals surface area contributed by atoms with E-state index in [1.165, 1.54) is 0 Å². The molecule has 0 aliphatic rings. The van der Waals surface area contributed by atoms with Crippen LogP contribution in [0.5, 0.6) is 0 Å². The van der Waals surface area contributed by atoms with Crippen LogP contribution in [0, 0.1) is 0 Å². The summed E-state index contributed by atoms with van der Waals surface area (Å²) in [6.07, 6.45) is 0. The minimum absolute atomic E-state index is 0. The molecule has 0 atom stereocenters. The molecule has 0 aromatic rings. The summed E-state index contributed by atoms with van der Waals surface area (Å²) in [5.41, 5.74) is 0. The average Bonchev–Trinajstić information content (AvgIpc) is 0.722. The molecule has 7 heavy (non-hydrogen) atoms. The Morgan fingerprint density at radius 3 is 0.857 bits per heavy atom. The molecular formula is C4H12ClNRh. The Morgan fingerprint density at radius 1 is 0.857 bits per heavy atom. The molecule has 0 heterocycles. The second kappa shape index (κ2) is 5.02. The maximum absolute atomic E-state index is 2.12. The van der Waals surface area contributed by atoms with Gasteiger partial charge in [-0.15, -0.1) is 0 Å².